The molecule has 0 aliphatic rings. The van der Waals surface area contributed by atoms with Crippen molar-refractivity contribution in [2.75, 3.05) is 7.11 Å². The van der Waals surface area contributed by atoms with Crippen molar-refractivity contribution < 1.29 is 9.53 Å². The van der Waals surface area contributed by atoms with E-state index in [-0.39, 0.29) is 5.97 Å². The lowest BCUT2D eigenvalue weighted by atomic mass is 10.2. The van der Waals surface area contributed by atoms with Gasteiger partial charge in [0.1, 0.15) is 0 Å². The predicted molar refractivity (Wildman–Crippen MR) is 54.3 cm³/mol. The molecule has 0 amide bonds. The number of hydrogen-bond acceptors (Lipinski definition) is 2. The highest BCUT2D eigenvalue weighted by Crippen LogP contribution is 1.98. The van der Waals surface area contributed by atoms with Gasteiger partial charge in [0, 0.05) is 6.08 Å². The molecule has 0 aliphatic heterocycles. The molecule has 2 nitrogen and oxygen atoms in total. The number of carbonyl (C=O) groups excluding carboxylic acids is 1. The maximum absolute atomic E-state index is 10.6. The lowest BCUT2D eigenvalue weighted by Crippen LogP contribution is -1.93. The SMILES string of the molecule is C=C/C=C/CCC/C=C/C(=O)OC. The molecule has 72 valence electrons. The maximum atomic E-state index is 10.6. The molecule has 13 heavy (non-hydrogen) atoms. The summed E-state index contributed by atoms with van der Waals surface area (Å²) in [6.45, 7) is 3.57. The first-order valence-electron chi connectivity index (χ1n) is 4.33. The molecule has 0 bridgehead atoms. The van der Waals surface area contributed by atoms with Crippen LogP contribution in [0.3, 0.4) is 0 Å². The quantitative estimate of drug-likeness (QED) is 0.272. The summed E-state index contributed by atoms with van der Waals surface area (Å²) in [5, 5.41) is 0. The first-order valence-corrected chi connectivity index (χ1v) is 4.33. The summed E-state index contributed by atoms with van der Waals surface area (Å²) in [7, 11) is 1.37. The molecule has 0 aromatic rings. The molecule has 0 aromatic carbocycles. The third-order valence-corrected chi connectivity index (χ3v) is 1.47. The highest BCUT2D eigenvalue weighted by atomic mass is 16.5. The molecule has 0 heterocycles. The number of ether oxygens (including phenoxy) is 1. The smallest absolute Gasteiger partial charge is 0.330 e. The Hall–Kier alpha value is -1.31. The Kier molecular flexibility index (Phi) is 7.90. The van der Waals surface area contributed by atoms with Gasteiger partial charge in [-0.15, -0.1) is 0 Å². The lowest BCUT2D eigenvalue weighted by molar-refractivity contribution is -0.134. The summed E-state index contributed by atoms with van der Waals surface area (Å²) in [6, 6.07) is 0. The summed E-state index contributed by atoms with van der Waals surface area (Å²) >= 11 is 0. The average Bonchev–Trinajstić information content (AvgIpc) is 2.16. The number of unbranched alkanes of at least 4 members (excludes halogenated alkanes) is 2. The number of methoxy groups -OCH3 is 1. The fourth-order valence-corrected chi connectivity index (χ4v) is 0.794. The van der Waals surface area contributed by atoms with E-state index in [1.165, 1.54) is 13.2 Å². The third-order valence-electron chi connectivity index (χ3n) is 1.47. The number of rotatable bonds is 6. The van der Waals surface area contributed by atoms with Gasteiger partial charge in [-0.25, -0.2) is 4.79 Å². The second kappa shape index (κ2) is 8.78. The first-order chi connectivity index (χ1) is 6.31. The molecule has 0 spiro atoms. The van der Waals surface area contributed by atoms with Crippen LogP contribution in [0.15, 0.2) is 37.0 Å². The van der Waals surface area contributed by atoms with Crippen LogP contribution in [0.1, 0.15) is 19.3 Å². The van der Waals surface area contributed by atoms with E-state index >= 15 is 0 Å². The number of allylic oxidation sites excluding steroid dienone is 4. The first kappa shape index (κ1) is 11.7. The molecule has 0 aromatic heterocycles. The minimum absolute atomic E-state index is 0.290. The van der Waals surface area contributed by atoms with Crippen LogP contribution in [0.4, 0.5) is 0 Å². The minimum Gasteiger partial charge on any atom is -0.466 e. The fourth-order valence-electron chi connectivity index (χ4n) is 0.794. The highest BCUT2D eigenvalue weighted by molar-refractivity contribution is 5.81. The molecule has 0 atom stereocenters. The van der Waals surface area contributed by atoms with Crippen molar-refractivity contribution >= 4 is 5.97 Å². The van der Waals surface area contributed by atoms with Crippen LogP contribution in [0.25, 0.3) is 0 Å². The summed E-state index contributed by atoms with van der Waals surface area (Å²) < 4.78 is 4.44. The zero-order valence-corrected chi connectivity index (χ0v) is 8.03. The van der Waals surface area contributed by atoms with E-state index in [4.69, 9.17) is 0 Å². The Labute approximate surface area is 79.6 Å². The summed E-state index contributed by atoms with van der Waals surface area (Å²) in [5.41, 5.74) is 0. The molecule has 0 saturated carbocycles. The van der Waals surface area contributed by atoms with Gasteiger partial charge in [-0.1, -0.05) is 30.9 Å². The lowest BCUT2D eigenvalue weighted by Gasteiger charge is -1.90. The molecule has 0 rings (SSSR count). The Morgan fingerprint density at radius 1 is 1.38 bits per heavy atom. The predicted octanol–water partition coefficient (Wildman–Crippen LogP) is 2.63. The topological polar surface area (TPSA) is 26.3 Å². The van der Waals surface area contributed by atoms with Gasteiger partial charge < -0.3 is 4.74 Å². The van der Waals surface area contributed by atoms with Gasteiger partial charge in [-0.2, -0.15) is 0 Å². The molecule has 0 fully saturated rings. The molecular formula is C11H16O2. The van der Waals surface area contributed by atoms with Crippen LogP contribution in [-0.4, -0.2) is 13.1 Å². The largest absolute Gasteiger partial charge is 0.466 e. The molecule has 0 unspecified atom stereocenters. The second-order valence-corrected chi connectivity index (χ2v) is 2.52. The summed E-state index contributed by atoms with van der Waals surface area (Å²) in [4.78, 5) is 10.6. The Bertz CT molecular complexity index is 202. The molecule has 2 heteroatoms. The third kappa shape index (κ3) is 8.60. The van der Waals surface area contributed by atoms with Gasteiger partial charge in [-0.3, -0.25) is 0 Å². The second-order valence-electron chi connectivity index (χ2n) is 2.52. The van der Waals surface area contributed by atoms with Crippen LogP contribution in [0.5, 0.6) is 0 Å². The van der Waals surface area contributed by atoms with Gasteiger partial charge in [0.25, 0.3) is 0 Å². The van der Waals surface area contributed by atoms with Gasteiger partial charge >= 0.3 is 5.97 Å². The van der Waals surface area contributed by atoms with Crippen LogP contribution < -0.4 is 0 Å². The van der Waals surface area contributed by atoms with Gasteiger partial charge in [0.15, 0.2) is 0 Å². The minimum atomic E-state index is -0.290. The zero-order valence-electron chi connectivity index (χ0n) is 8.03. The van der Waals surface area contributed by atoms with E-state index in [1.54, 1.807) is 6.08 Å². The van der Waals surface area contributed by atoms with Crippen molar-refractivity contribution in [1.29, 1.82) is 0 Å². The molecular weight excluding hydrogens is 164 g/mol. The average molecular weight is 180 g/mol. The van der Waals surface area contributed by atoms with Crippen molar-refractivity contribution in [3.05, 3.63) is 37.0 Å². The monoisotopic (exact) mass is 180 g/mol. The van der Waals surface area contributed by atoms with Crippen molar-refractivity contribution in [2.24, 2.45) is 0 Å². The van der Waals surface area contributed by atoms with Crippen LogP contribution >= 0.6 is 0 Å². The van der Waals surface area contributed by atoms with E-state index < -0.39 is 0 Å². The van der Waals surface area contributed by atoms with E-state index in [0.29, 0.717) is 0 Å². The van der Waals surface area contributed by atoms with Gasteiger partial charge in [0.05, 0.1) is 7.11 Å². The number of carbonyl (C=O) groups is 1. The number of hydrogen-bond donors (Lipinski definition) is 0. The standard InChI is InChI=1S/C11H16O2/c1-3-4-5-6-7-8-9-10-11(12)13-2/h3-5,9-10H,1,6-8H2,2H3/b5-4+,10-9+. The summed E-state index contributed by atoms with van der Waals surface area (Å²) in [5.74, 6) is -0.290. The van der Waals surface area contributed by atoms with E-state index in [1.807, 2.05) is 12.2 Å². The van der Waals surface area contributed by atoms with E-state index in [9.17, 15) is 4.79 Å². The molecule has 0 saturated heterocycles. The van der Waals surface area contributed by atoms with Gasteiger partial charge in [0.2, 0.25) is 0 Å². The normalized spacial score (nSPS) is 10.8. The number of esters is 1. The summed E-state index contributed by atoms with van der Waals surface area (Å²) in [6.07, 6.45) is 12.0. The Morgan fingerprint density at radius 3 is 2.69 bits per heavy atom. The van der Waals surface area contributed by atoms with Crippen LogP contribution in [-0.2, 0) is 9.53 Å². The van der Waals surface area contributed by atoms with Crippen LogP contribution in [0.2, 0.25) is 0 Å². The van der Waals surface area contributed by atoms with E-state index in [0.717, 1.165) is 19.3 Å². The van der Waals surface area contributed by atoms with Crippen molar-refractivity contribution in [3.8, 4) is 0 Å². The molecule has 0 N–H and O–H groups in total. The Balaban J connectivity index is 3.34. The van der Waals surface area contributed by atoms with Crippen LogP contribution in [0, 0.1) is 0 Å². The van der Waals surface area contributed by atoms with Gasteiger partial charge in [-0.05, 0) is 19.3 Å². The highest BCUT2D eigenvalue weighted by Gasteiger charge is 1.88. The van der Waals surface area contributed by atoms with Crippen molar-refractivity contribution in [1.82, 2.24) is 0 Å². The molecule has 0 radical (unpaired) electrons. The molecule has 0 aliphatic carbocycles. The maximum Gasteiger partial charge on any atom is 0.330 e. The fraction of sp³-hybridized carbons (Fsp3) is 0.364. The van der Waals surface area contributed by atoms with Crippen molar-refractivity contribution in [2.45, 2.75) is 19.3 Å². The van der Waals surface area contributed by atoms with Crippen molar-refractivity contribution in [3.63, 3.8) is 0 Å². The zero-order chi connectivity index (χ0) is 9.94. The van der Waals surface area contributed by atoms with E-state index in [2.05, 4.69) is 17.4 Å². The Morgan fingerprint density at radius 2 is 2.08 bits per heavy atom.